The maximum Gasteiger partial charge on any atom is 0.257 e. The minimum Gasteiger partial charge on any atom is -0.457 e. The van der Waals surface area contributed by atoms with Gasteiger partial charge in [0, 0.05) is 38.9 Å². The highest BCUT2D eigenvalue weighted by molar-refractivity contribution is 5.95. The number of aryl methyl sites for hydroxylation is 1. The van der Waals surface area contributed by atoms with Gasteiger partial charge in [-0.25, -0.2) is 4.39 Å². The van der Waals surface area contributed by atoms with Crippen LogP contribution >= 0.6 is 0 Å². The van der Waals surface area contributed by atoms with E-state index < -0.39 is 5.82 Å². The van der Waals surface area contributed by atoms with Crippen LogP contribution < -0.4 is 10.5 Å². The van der Waals surface area contributed by atoms with Crippen molar-refractivity contribution in [3.8, 4) is 11.5 Å². The zero-order chi connectivity index (χ0) is 23.2. The molecule has 0 radical (unpaired) electrons. The SMILES string of the molecule is Cc1cccnc1CN1CCN(C(=O)c2cc(Oc3ccc(CCN)cc3)ccc2F)CC1. The standard InChI is InChI=1S/C26H29FN4O2/c1-19-3-2-12-29-25(19)18-30-13-15-31(16-14-30)26(32)23-17-22(8-9-24(23)27)33-21-6-4-20(5-7-21)10-11-28/h2-9,12,17H,10-11,13-16,18,28H2,1H3. The molecule has 1 fully saturated rings. The molecular formula is C26H29FN4O2. The Bertz CT molecular complexity index is 1100. The minimum atomic E-state index is -0.544. The number of hydrogen-bond acceptors (Lipinski definition) is 5. The Hall–Kier alpha value is -3.29. The topological polar surface area (TPSA) is 71.7 Å². The number of nitrogens with two attached hydrogens (primary N) is 1. The van der Waals surface area contributed by atoms with Crippen LogP contribution in [0.25, 0.3) is 0 Å². The van der Waals surface area contributed by atoms with Crippen molar-refractivity contribution < 1.29 is 13.9 Å². The van der Waals surface area contributed by atoms with Crippen LogP contribution in [0.5, 0.6) is 11.5 Å². The molecule has 1 aliphatic heterocycles. The second-order valence-electron chi connectivity index (χ2n) is 8.26. The molecule has 4 rings (SSSR count). The quantitative estimate of drug-likeness (QED) is 0.596. The third kappa shape index (κ3) is 5.74. The van der Waals surface area contributed by atoms with E-state index in [-0.39, 0.29) is 11.5 Å². The molecule has 0 atom stereocenters. The van der Waals surface area contributed by atoms with E-state index in [4.69, 9.17) is 10.5 Å². The zero-order valence-corrected chi connectivity index (χ0v) is 18.8. The molecule has 0 bridgehead atoms. The number of piperazine rings is 1. The Morgan fingerprint density at radius 1 is 1.06 bits per heavy atom. The van der Waals surface area contributed by atoms with E-state index in [9.17, 15) is 9.18 Å². The third-order valence-corrected chi connectivity index (χ3v) is 5.91. The van der Waals surface area contributed by atoms with Gasteiger partial charge in [-0.1, -0.05) is 18.2 Å². The van der Waals surface area contributed by atoms with Gasteiger partial charge in [0.2, 0.25) is 0 Å². The highest BCUT2D eigenvalue weighted by Gasteiger charge is 2.25. The molecule has 1 saturated heterocycles. The van der Waals surface area contributed by atoms with Gasteiger partial charge in [0.1, 0.15) is 17.3 Å². The summed E-state index contributed by atoms with van der Waals surface area (Å²) in [5, 5.41) is 0. The molecule has 6 nitrogen and oxygen atoms in total. The maximum atomic E-state index is 14.5. The van der Waals surface area contributed by atoms with E-state index in [0.29, 0.717) is 44.2 Å². The Morgan fingerprint density at radius 2 is 1.79 bits per heavy atom. The average molecular weight is 449 g/mol. The molecule has 0 saturated carbocycles. The van der Waals surface area contributed by atoms with Crippen LogP contribution in [-0.4, -0.2) is 53.4 Å². The number of aromatic nitrogens is 1. The summed E-state index contributed by atoms with van der Waals surface area (Å²) in [6.45, 7) is 5.89. The second kappa shape index (κ2) is 10.6. The summed E-state index contributed by atoms with van der Waals surface area (Å²) < 4.78 is 20.4. The highest BCUT2D eigenvalue weighted by Crippen LogP contribution is 2.25. The summed E-state index contributed by atoms with van der Waals surface area (Å²) >= 11 is 0. The lowest BCUT2D eigenvalue weighted by Crippen LogP contribution is -2.48. The molecule has 7 heteroatoms. The number of halogens is 1. The van der Waals surface area contributed by atoms with Crippen LogP contribution in [0.2, 0.25) is 0 Å². The lowest BCUT2D eigenvalue weighted by Gasteiger charge is -2.34. The number of pyridine rings is 1. The fourth-order valence-electron chi connectivity index (χ4n) is 3.93. The summed E-state index contributed by atoms with van der Waals surface area (Å²) in [6.07, 6.45) is 2.60. The highest BCUT2D eigenvalue weighted by atomic mass is 19.1. The molecule has 2 heterocycles. The van der Waals surface area contributed by atoms with Gasteiger partial charge in [0.25, 0.3) is 5.91 Å². The van der Waals surface area contributed by atoms with Crippen molar-refractivity contribution >= 4 is 5.91 Å². The summed E-state index contributed by atoms with van der Waals surface area (Å²) in [4.78, 5) is 21.5. The molecule has 1 amide bonds. The Kier molecular flexibility index (Phi) is 7.32. The molecular weight excluding hydrogens is 419 g/mol. The second-order valence-corrected chi connectivity index (χ2v) is 8.26. The summed E-state index contributed by atoms with van der Waals surface area (Å²) in [5.74, 6) is 0.192. The van der Waals surface area contributed by atoms with Crippen LogP contribution in [-0.2, 0) is 13.0 Å². The van der Waals surface area contributed by atoms with Crippen molar-refractivity contribution in [1.29, 1.82) is 0 Å². The van der Waals surface area contributed by atoms with Gasteiger partial charge >= 0.3 is 0 Å². The zero-order valence-electron chi connectivity index (χ0n) is 18.8. The van der Waals surface area contributed by atoms with Gasteiger partial charge in [-0.15, -0.1) is 0 Å². The van der Waals surface area contributed by atoms with Crippen LogP contribution in [0.1, 0.15) is 27.2 Å². The number of rotatable bonds is 7. The first-order valence-electron chi connectivity index (χ1n) is 11.2. The average Bonchev–Trinajstić information content (AvgIpc) is 2.83. The van der Waals surface area contributed by atoms with Crippen molar-refractivity contribution in [3.05, 3.63) is 89.0 Å². The summed E-state index contributed by atoms with van der Waals surface area (Å²) in [6, 6.07) is 15.9. The summed E-state index contributed by atoms with van der Waals surface area (Å²) in [7, 11) is 0. The van der Waals surface area contributed by atoms with E-state index in [1.165, 1.54) is 18.2 Å². The molecule has 33 heavy (non-hydrogen) atoms. The maximum absolute atomic E-state index is 14.5. The first-order chi connectivity index (χ1) is 16.0. The first-order valence-corrected chi connectivity index (χ1v) is 11.2. The summed E-state index contributed by atoms with van der Waals surface area (Å²) in [5.41, 5.74) is 8.94. The van der Waals surface area contributed by atoms with Gasteiger partial charge in [0.15, 0.2) is 0 Å². The van der Waals surface area contributed by atoms with E-state index in [1.54, 1.807) is 11.1 Å². The molecule has 172 valence electrons. The van der Waals surface area contributed by atoms with E-state index in [1.807, 2.05) is 30.3 Å². The van der Waals surface area contributed by atoms with Crippen molar-refractivity contribution in [2.24, 2.45) is 5.73 Å². The lowest BCUT2D eigenvalue weighted by atomic mass is 10.1. The monoisotopic (exact) mass is 448 g/mol. The molecule has 1 aliphatic rings. The van der Waals surface area contributed by atoms with Gasteiger partial charge in [-0.05, 0) is 67.4 Å². The molecule has 2 N–H and O–H groups in total. The largest absolute Gasteiger partial charge is 0.457 e. The van der Waals surface area contributed by atoms with Crippen LogP contribution in [0.15, 0.2) is 60.8 Å². The minimum absolute atomic E-state index is 0.0290. The first kappa shape index (κ1) is 22.9. The molecule has 1 aromatic heterocycles. The third-order valence-electron chi connectivity index (χ3n) is 5.91. The van der Waals surface area contributed by atoms with Gasteiger partial charge < -0.3 is 15.4 Å². The Balaban J connectivity index is 1.38. The van der Waals surface area contributed by atoms with Gasteiger partial charge in [0.05, 0.1) is 11.3 Å². The van der Waals surface area contributed by atoms with Crippen molar-refractivity contribution in [3.63, 3.8) is 0 Å². The van der Waals surface area contributed by atoms with E-state index >= 15 is 0 Å². The Morgan fingerprint density at radius 3 is 2.48 bits per heavy atom. The van der Waals surface area contributed by atoms with E-state index in [2.05, 4.69) is 22.9 Å². The number of nitrogens with zero attached hydrogens (tertiary/aromatic N) is 3. The van der Waals surface area contributed by atoms with Crippen LogP contribution in [0, 0.1) is 12.7 Å². The van der Waals surface area contributed by atoms with Crippen molar-refractivity contribution in [2.75, 3.05) is 32.7 Å². The Labute approximate surface area is 193 Å². The molecule has 0 aliphatic carbocycles. The number of ether oxygens (including phenoxy) is 1. The lowest BCUT2D eigenvalue weighted by molar-refractivity contribution is 0.0622. The van der Waals surface area contributed by atoms with Gasteiger partial charge in [-0.3, -0.25) is 14.7 Å². The van der Waals surface area contributed by atoms with Crippen LogP contribution in [0.4, 0.5) is 4.39 Å². The number of benzene rings is 2. The van der Waals surface area contributed by atoms with Gasteiger partial charge in [-0.2, -0.15) is 0 Å². The van der Waals surface area contributed by atoms with Crippen molar-refractivity contribution in [1.82, 2.24) is 14.8 Å². The fraction of sp³-hybridized carbons (Fsp3) is 0.308. The smallest absolute Gasteiger partial charge is 0.257 e. The molecule has 0 unspecified atom stereocenters. The van der Waals surface area contributed by atoms with E-state index in [0.717, 1.165) is 29.8 Å². The molecule has 2 aromatic carbocycles. The number of hydrogen-bond donors (Lipinski definition) is 1. The number of carbonyl (C=O) groups excluding carboxylic acids is 1. The van der Waals surface area contributed by atoms with Crippen LogP contribution in [0.3, 0.4) is 0 Å². The van der Waals surface area contributed by atoms with Crippen molar-refractivity contribution in [2.45, 2.75) is 19.9 Å². The number of amides is 1. The normalized spacial score (nSPS) is 14.3. The molecule has 0 spiro atoms. The molecule has 3 aromatic rings. The fourth-order valence-corrected chi connectivity index (χ4v) is 3.93. The predicted octanol–water partition coefficient (Wildman–Crippen LogP) is 3.78. The predicted molar refractivity (Wildman–Crippen MR) is 126 cm³/mol. The number of carbonyl (C=O) groups is 1.